The maximum atomic E-state index is 11.7. The molecule has 1 aliphatic rings. The zero-order chi connectivity index (χ0) is 12.0. The Kier molecular flexibility index (Phi) is 5.25. The molecule has 1 heterocycles. The molecule has 92 valence electrons. The standard InChI is InChI=1S/C11H21N3O2/c1-8-7-9(4-6-13-8)11(16)14-5-2-3-10(12)15/h8-9,13H,2-7H2,1H3,(H2,12,15)(H,14,16). The van der Waals surface area contributed by atoms with Crippen LogP contribution in [0.25, 0.3) is 0 Å². The molecule has 5 heteroatoms. The lowest BCUT2D eigenvalue weighted by atomic mass is 9.92. The second-order valence-corrected chi connectivity index (χ2v) is 4.44. The summed E-state index contributed by atoms with van der Waals surface area (Å²) in [5.74, 6) is -0.0904. The lowest BCUT2D eigenvalue weighted by Gasteiger charge is -2.27. The molecule has 0 bridgehead atoms. The van der Waals surface area contributed by atoms with Crippen molar-refractivity contribution < 1.29 is 9.59 Å². The second-order valence-electron chi connectivity index (χ2n) is 4.44. The second kappa shape index (κ2) is 6.48. The zero-order valence-electron chi connectivity index (χ0n) is 9.79. The van der Waals surface area contributed by atoms with Crippen LogP contribution in [-0.2, 0) is 9.59 Å². The van der Waals surface area contributed by atoms with E-state index in [9.17, 15) is 9.59 Å². The van der Waals surface area contributed by atoms with Crippen LogP contribution in [0.2, 0.25) is 0 Å². The Bertz CT molecular complexity index is 256. The van der Waals surface area contributed by atoms with Crippen LogP contribution in [0.15, 0.2) is 0 Å². The molecule has 0 aromatic heterocycles. The first-order chi connectivity index (χ1) is 7.59. The highest BCUT2D eigenvalue weighted by molar-refractivity contribution is 5.79. The molecule has 0 radical (unpaired) electrons. The minimum absolute atomic E-state index is 0.109. The topological polar surface area (TPSA) is 84.2 Å². The van der Waals surface area contributed by atoms with E-state index < -0.39 is 0 Å². The molecular formula is C11H21N3O2. The van der Waals surface area contributed by atoms with Gasteiger partial charge in [0, 0.05) is 24.9 Å². The van der Waals surface area contributed by atoms with Crippen molar-refractivity contribution in [1.82, 2.24) is 10.6 Å². The summed E-state index contributed by atoms with van der Waals surface area (Å²) < 4.78 is 0. The molecule has 1 fully saturated rings. The number of nitrogens with two attached hydrogens (primary N) is 1. The van der Waals surface area contributed by atoms with E-state index in [1.54, 1.807) is 0 Å². The number of hydrogen-bond donors (Lipinski definition) is 3. The summed E-state index contributed by atoms with van der Waals surface area (Å²) in [7, 11) is 0. The summed E-state index contributed by atoms with van der Waals surface area (Å²) in [6.07, 6.45) is 2.75. The van der Waals surface area contributed by atoms with Crippen molar-refractivity contribution >= 4 is 11.8 Å². The quantitative estimate of drug-likeness (QED) is 0.567. The third-order valence-corrected chi connectivity index (χ3v) is 2.89. The van der Waals surface area contributed by atoms with Gasteiger partial charge in [0.2, 0.25) is 11.8 Å². The predicted octanol–water partition coefficient (Wildman–Crippen LogP) is -0.244. The Labute approximate surface area is 96.1 Å². The highest BCUT2D eigenvalue weighted by atomic mass is 16.2. The zero-order valence-corrected chi connectivity index (χ0v) is 9.79. The van der Waals surface area contributed by atoms with E-state index in [1.165, 1.54) is 0 Å². The Morgan fingerprint density at radius 2 is 2.25 bits per heavy atom. The van der Waals surface area contributed by atoms with Crippen molar-refractivity contribution in [1.29, 1.82) is 0 Å². The van der Waals surface area contributed by atoms with Gasteiger partial charge in [0.1, 0.15) is 0 Å². The average Bonchev–Trinajstić information content (AvgIpc) is 2.24. The molecule has 16 heavy (non-hydrogen) atoms. The van der Waals surface area contributed by atoms with Crippen molar-refractivity contribution in [3.63, 3.8) is 0 Å². The number of carbonyl (C=O) groups is 2. The predicted molar refractivity (Wildman–Crippen MR) is 61.6 cm³/mol. The smallest absolute Gasteiger partial charge is 0.223 e. The SMILES string of the molecule is CC1CC(C(=O)NCCCC(N)=O)CCN1. The monoisotopic (exact) mass is 227 g/mol. The van der Waals surface area contributed by atoms with Gasteiger partial charge in [-0.05, 0) is 32.7 Å². The van der Waals surface area contributed by atoms with Crippen molar-refractivity contribution in [3.8, 4) is 0 Å². The van der Waals surface area contributed by atoms with Gasteiger partial charge in [0.25, 0.3) is 0 Å². The molecule has 0 spiro atoms. The average molecular weight is 227 g/mol. The van der Waals surface area contributed by atoms with Crippen molar-refractivity contribution in [2.75, 3.05) is 13.1 Å². The molecule has 2 atom stereocenters. The number of primary amides is 1. The van der Waals surface area contributed by atoms with Crippen LogP contribution in [0.5, 0.6) is 0 Å². The first-order valence-corrected chi connectivity index (χ1v) is 5.89. The number of piperidine rings is 1. The highest BCUT2D eigenvalue weighted by Gasteiger charge is 2.24. The largest absolute Gasteiger partial charge is 0.370 e. The molecule has 0 saturated carbocycles. The minimum Gasteiger partial charge on any atom is -0.370 e. The molecule has 4 N–H and O–H groups in total. The van der Waals surface area contributed by atoms with Crippen LogP contribution in [0.3, 0.4) is 0 Å². The van der Waals surface area contributed by atoms with Crippen molar-refractivity contribution in [3.05, 3.63) is 0 Å². The Morgan fingerprint density at radius 3 is 2.88 bits per heavy atom. The van der Waals surface area contributed by atoms with Gasteiger partial charge in [0.05, 0.1) is 0 Å². The lowest BCUT2D eigenvalue weighted by molar-refractivity contribution is -0.126. The number of carbonyl (C=O) groups excluding carboxylic acids is 2. The van der Waals surface area contributed by atoms with Crippen molar-refractivity contribution in [2.45, 2.75) is 38.6 Å². The van der Waals surface area contributed by atoms with Gasteiger partial charge in [-0.15, -0.1) is 0 Å². The van der Waals surface area contributed by atoms with E-state index in [0.29, 0.717) is 25.4 Å². The van der Waals surface area contributed by atoms with E-state index >= 15 is 0 Å². The van der Waals surface area contributed by atoms with Gasteiger partial charge in [0.15, 0.2) is 0 Å². The van der Waals surface area contributed by atoms with Crippen LogP contribution >= 0.6 is 0 Å². The molecular weight excluding hydrogens is 206 g/mol. The Hall–Kier alpha value is -1.10. The van der Waals surface area contributed by atoms with Gasteiger partial charge in [-0.2, -0.15) is 0 Å². The number of amides is 2. The van der Waals surface area contributed by atoms with E-state index in [4.69, 9.17) is 5.73 Å². The highest BCUT2D eigenvalue weighted by Crippen LogP contribution is 2.15. The number of hydrogen-bond acceptors (Lipinski definition) is 3. The maximum Gasteiger partial charge on any atom is 0.223 e. The molecule has 1 aliphatic heterocycles. The van der Waals surface area contributed by atoms with Gasteiger partial charge < -0.3 is 16.4 Å². The summed E-state index contributed by atoms with van der Waals surface area (Å²) in [5.41, 5.74) is 5.01. The van der Waals surface area contributed by atoms with E-state index in [0.717, 1.165) is 19.4 Å². The molecule has 0 aliphatic carbocycles. The van der Waals surface area contributed by atoms with Crippen LogP contribution in [-0.4, -0.2) is 30.9 Å². The fourth-order valence-electron chi connectivity index (χ4n) is 1.99. The van der Waals surface area contributed by atoms with Crippen molar-refractivity contribution in [2.24, 2.45) is 11.7 Å². The van der Waals surface area contributed by atoms with Gasteiger partial charge >= 0.3 is 0 Å². The third-order valence-electron chi connectivity index (χ3n) is 2.89. The summed E-state index contributed by atoms with van der Waals surface area (Å²) in [4.78, 5) is 22.2. The van der Waals surface area contributed by atoms with Crippen LogP contribution in [0.1, 0.15) is 32.6 Å². The van der Waals surface area contributed by atoms with Crippen LogP contribution < -0.4 is 16.4 Å². The molecule has 1 saturated heterocycles. The number of rotatable bonds is 5. The fraction of sp³-hybridized carbons (Fsp3) is 0.818. The molecule has 2 unspecified atom stereocenters. The summed E-state index contributed by atoms with van der Waals surface area (Å²) in [5, 5.41) is 6.16. The minimum atomic E-state index is -0.315. The van der Waals surface area contributed by atoms with Gasteiger partial charge in [-0.1, -0.05) is 0 Å². The van der Waals surface area contributed by atoms with Gasteiger partial charge in [-0.3, -0.25) is 9.59 Å². The van der Waals surface area contributed by atoms with Crippen LogP contribution in [0, 0.1) is 5.92 Å². The Morgan fingerprint density at radius 1 is 1.50 bits per heavy atom. The third kappa shape index (κ3) is 4.61. The molecule has 0 aromatic carbocycles. The molecule has 1 rings (SSSR count). The Balaban J connectivity index is 2.16. The first-order valence-electron chi connectivity index (χ1n) is 5.89. The molecule has 0 aromatic rings. The maximum absolute atomic E-state index is 11.7. The lowest BCUT2D eigenvalue weighted by Crippen LogP contribution is -2.42. The normalized spacial score (nSPS) is 25.1. The van der Waals surface area contributed by atoms with E-state index in [-0.39, 0.29) is 17.7 Å². The van der Waals surface area contributed by atoms with Crippen LogP contribution in [0.4, 0.5) is 0 Å². The summed E-state index contributed by atoms with van der Waals surface area (Å²) in [6.45, 7) is 3.53. The summed E-state index contributed by atoms with van der Waals surface area (Å²) in [6, 6.07) is 0.412. The van der Waals surface area contributed by atoms with Gasteiger partial charge in [-0.25, -0.2) is 0 Å². The van der Waals surface area contributed by atoms with E-state index in [2.05, 4.69) is 17.6 Å². The van der Waals surface area contributed by atoms with E-state index in [1.807, 2.05) is 0 Å². The summed E-state index contributed by atoms with van der Waals surface area (Å²) >= 11 is 0. The fourth-order valence-corrected chi connectivity index (χ4v) is 1.99. The molecule has 5 nitrogen and oxygen atoms in total. The first kappa shape index (κ1) is 13.0. The number of nitrogens with one attached hydrogen (secondary N) is 2. The molecule has 2 amide bonds.